The fourth-order valence-corrected chi connectivity index (χ4v) is 0.274. The molecule has 2 nitrogen and oxygen atoms in total. The number of nitrogens with zero attached hydrogens (tertiary/aromatic N) is 1. The molecule has 0 aliphatic heterocycles. The van der Waals surface area contributed by atoms with Crippen molar-refractivity contribution in [2.45, 2.75) is 0 Å². The minimum atomic E-state index is 0. The van der Waals surface area contributed by atoms with Crippen LogP contribution in [-0.2, 0) is 4.74 Å². The molecule has 0 aromatic carbocycles. The summed E-state index contributed by atoms with van der Waals surface area (Å²) in [6, 6.07) is 0. The van der Waals surface area contributed by atoms with E-state index in [1.54, 1.807) is 7.11 Å². The van der Waals surface area contributed by atoms with Gasteiger partial charge >= 0.3 is 0 Å². The zero-order valence-electron chi connectivity index (χ0n) is 5.68. The first-order chi connectivity index (χ1) is 3.27. The van der Waals surface area contributed by atoms with Gasteiger partial charge in [-0.3, -0.25) is 0 Å². The number of ether oxygens (including phenoxy) is 1. The number of likely N-dealkylation sites (N-methyl/N-ethyl adjacent to an activating group) is 1. The highest BCUT2D eigenvalue weighted by atomic mass is 127. The van der Waals surface area contributed by atoms with Crippen LogP contribution in [0, 0.1) is 0 Å². The van der Waals surface area contributed by atoms with Crippen molar-refractivity contribution in [2.75, 3.05) is 34.4 Å². The molecule has 0 aromatic rings. The standard InChI is InChI=1S/C5H13NO.HI/c1-6(2)4-5-7-3;/h4-5H2,1-3H3;1H. The van der Waals surface area contributed by atoms with E-state index >= 15 is 0 Å². The maximum absolute atomic E-state index is 4.81. The SMILES string of the molecule is COCCN(C)C.I. The van der Waals surface area contributed by atoms with E-state index in [4.69, 9.17) is 4.74 Å². The molecule has 8 heavy (non-hydrogen) atoms. The van der Waals surface area contributed by atoms with Crippen molar-refractivity contribution >= 4 is 24.0 Å². The molecular formula is C5H14INO. The monoisotopic (exact) mass is 231 g/mol. The van der Waals surface area contributed by atoms with E-state index in [2.05, 4.69) is 4.90 Å². The molecule has 0 aromatic heterocycles. The van der Waals surface area contributed by atoms with Crippen molar-refractivity contribution in [2.24, 2.45) is 0 Å². The third kappa shape index (κ3) is 9.82. The number of halogens is 1. The topological polar surface area (TPSA) is 12.5 Å². The minimum Gasteiger partial charge on any atom is -0.383 e. The van der Waals surface area contributed by atoms with Crippen LogP contribution in [0.5, 0.6) is 0 Å². The maximum Gasteiger partial charge on any atom is 0.0589 e. The Morgan fingerprint density at radius 2 is 1.88 bits per heavy atom. The zero-order chi connectivity index (χ0) is 5.70. The van der Waals surface area contributed by atoms with Crippen LogP contribution in [0.2, 0.25) is 0 Å². The largest absolute Gasteiger partial charge is 0.383 e. The van der Waals surface area contributed by atoms with Gasteiger partial charge in [0.25, 0.3) is 0 Å². The summed E-state index contributed by atoms with van der Waals surface area (Å²) in [4.78, 5) is 2.09. The second kappa shape index (κ2) is 7.65. The second-order valence-corrected chi connectivity index (χ2v) is 1.80. The molecule has 0 radical (unpaired) electrons. The molecule has 0 heterocycles. The molecule has 0 saturated heterocycles. The fraction of sp³-hybridized carbons (Fsp3) is 1.00. The minimum absolute atomic E-state index is 0. The fourth-order valence-electron chi connectivity index (χ4n) is 0.274. The first-order valence-electron chi connectivity index (χ1n) is 2.41. The smallest absolute Gasteiger partial charge is 0.0589 e. The molecule has 0 unspecified atom stereocenters. The lowest BCUT2D eigenvalue weighted by Crippen LogP contribution is -2.16. The van der Waals surface area contributed by atoms with Gasteiger partial charge in [-0.2, -0.15) is 0 Å². The first kappa shape index (κ1) is 11.4. The Bertz CT molecular complexity index is 41.4. The van der Waals surface area contributed by atoms with Crippen molar-refractivity contribution in [3.8, 4) is 0 Å². The van der Waals surface area contributed by atoms with Crippen LogP contribution in [0.1, 0.15) is 0 Å². The molecular weight excluding hydrogens is 217 g/mol. The lowest BCUT2D eigenvalue weighted by atomic mass is 10.6. The Morgan fingerprint density at radius 3 is 2.00 bits per heavy atom. The summed E-state index contributed by atoms with van der Waals surface area (Å²) >= 11 is 0. The number of hydrogen-bond donors (Lipinski definition) is 0. The predicted molar refractivity (Wildman–Crippen MR) is 45.8 cm³/mol. The molecule has 0 aliphatic rings. The van der Waals surface area contributed by atoms with E-state index in [1.807, 2.05) is 14.1 Å². The highest BCUT2D eigenvalue weighted by molar-refractivity contribution is 14.0. The van der Waals surface area contributed by atoms with Crippen LogP contribution < -0.4 is 0 Å². The van der Waals surface area contributed by atoms with Crippen LogP contribution in [0.15, 0.2) is 0 Å². The van der Waals surface area contributed by atoms with Gasteiger partial charge in [0.15, 0.2) is 0 Å². The summed E-state index contributed by atoms with van der Waals surface area (Å²) in [6.07, 6.45) is 0. The molecule has 0 N–H and O–H groups in total. The summed E-state index contributed by atoms with van der Waals surface area (Å²) in [5.41, 5.74) is 0. The highest BCUT2D eigenvalue weighted by Crippen LogP contribution is 1.71. The Kier molecular flexibility index (Phi) is 10.9. The summed E-state index contributed by atoms with van der Waals surface area (Å²) in [5.74, 6) is 0. The van der Waals surface area contributed by atoms with E-state index in [0.29, 0.717) is 0 Å². The van der Waals surface area contributed by atoms with Gasteiger partial charge in [0.05, 0.1) is 6.61 Å². The lowest BCUT2D eigenvalue weighted by molar-refractivity contribution is 0.172. The average molecular weight is 231 g/mol. The molecule has 0 amide bonds. The molecule has 0 bridgehead atoms. The maximum atomic E-state index is 4.81. The predicted octanol–water partition coefficient (Wildman–Crippen LogP) is 0.812. The van der Waals surface area contributed by atoms with E-state index < -0.39 is 0 Å². The van der Waals surface area contributed by atoms with Crippen molar-refractivity contribution in [1.29, 1.82) is 0 Å². The van der Waals surface area contributed by atoms with Crippen molar-refractivity contribution < 1.29 is 4.74 Å². The van der Waals surface area contributed by atoms with Gasteiger partial charge < -0.3 is 9.64 Å². The van der Waals surface area contributed by atoms with E-state index in [9.17, 15) is 0 Å². The molecule has 52 valence electrons. The van der Waals surface area contributed by atoms with E-state index in [0.717, 1.165) is 13.2 Å². The van der Waals surface area contributed by atoms with Crippen LogP contribution in [0.25, 0.3) is 0 Å². The molecule has 0 atom stereocenters. The number of methoxy groups -OCH3 is 1. The molecule has 0 fully saturated rings. The second-order valence-electron chi connectivity index (χ2n) is 1.80. The van der Waals surface area contributed by atoms with Gasteiger partial charge in [-0.1, -0.05) is 0 Å². The molecule has 0 saturated carbocycles. The van der Waals surface area contributed by atoms with Crippen LogP contribution >= 0.6 is 24.0 Å². The van der Waals surface area contributed by atoms with E-state index in [1.165, 1.54) is 0 Å². The van der Waals surface area contributed by atoms with Gasteiger partial charge in [0.1, 0.15) is 0 Å². The van der Waals surface area contributed by atoms with Gasteiger partial charge in [0, 0.05) is 13.7 Å². The summed E-state index contributed by atoms with van der Waals surface area (Å²) < 4.78 is 4.81. The van der Waals surface area contributed by atoms with Gasteiger partial charge in [-0.15, -0.1) is 24.0 Å². The quantitative estimate of drug-likeness (QED) is 0.666. The Balaban J connectivity index is 0. The van der Waals surface area contributed by atoms with E-state index in [-0.39, 0.29) is 24.0 Å². The third-order valence-electron chi connectivity index (χ3n) is 0.743. The Labute approximate surface area is 68.2 Å². The molecule has 0 rings (SSSR count). The molecule has 0 spiro atoms. The van der Waals surface area contributed by atoms with Crippen molar-refractivity contribution in [3.63, 3.8) is 0 Å². The van der Waals surface area contributed by atoms with Gasteiger partial charge in [-0.25, -0.2) is 0 Å². The van der Waals surface area contributed by atoms with Crippen LogP contribution in [0.3, 0.4) is 0 Å². The van der Waals surface area contributed by atoms with Gasteiger partial charge in [-0.05, 0) is 14.1 Å². The van der Waals surface area contributed by atoms with Gasteiger partial charge in [0.2, 0.25) is 0 Å². The lowest BCUT2D eigenvalue weighted by Gasteiger charge is -2.06. The van der Waals surface area contributed by atoms with Crippen molar-refractivity contribution in [1.82, 2.24) is 4.90 Å². The molecule has 3 heteroatoms. The van der Waals surface area contributed by atoms with Crippen LogP contribution in [0.4, 0.5) is 0 Å². The summed E-state index contributed by atoms with van der Waals surface area (Å²) in [5, 5.41) is 0. The Hall–Kier alpha value is 0.650. The Morgan fingerprint density at radius 1 is 1.38 bits per heavy atom. The van der Waals surface area contributed by atoms with Crippen LogP contribution in [-0.4, -0.2) is 39.3 Å². The zero-order valence-corrected chi connectivity index (χ0v) is 8.01. The summed E-state index contributed by atoms with van der Waals surface area (Å²) in [7, 11) is 5.77. The summed E-state index contributed by atoms with van der Waals surface area (Å²) in [6.45, 7) is 1.84. The van der Waals surface area contributed by atoms with Crippen molar-refractivity contribution in [3.05, 3.63) is 0 Å². The normalized spacial score (nSPS) is 9.00. The number of hydrogen-bond acceptors (Lipinski definition) is 2. The average Bonchev–Trinajstić information content (AvgIpc) is 1.61. The third-order valence-corrected chi connectivity index (χ3v) is 0.743. The molecule has 0 aliphatic carbocycles. The number of rotatable bonds is 3. The highest BCUT2D eigenvalue weighted by Gasteiger charge is 1.83. The first-order valence-corrected chi connectivity index (χ1v) is 2.41.